The first-order chi connectivity index (χ1) is 11.0. The van der Waals surface area contributed by atoms with Crippen LogP contribution >= 0.6 is 0 Å². The van der Waals surface area contributed by atoms with E-state index in [0.717, 1.165) is 19.3 Å². The molecule has 1 saturated heterocycles. The molecule has 0 radical (unpaired) electrons. The third kappa shape index (κ3) is 2.30. The van der Waals surface area contributed by atoms with Gasteiger partial charge in [0.1, 0.15) is 6.10 Å². The number of carbonyl (C=O) groups is 2. The fourth-order valence-corrected chi connectivity index (χ4v) is 4.16. The lowest BCUT2D eigenvalue weighted by Gasteiger charge is -2.24. The zero-order valence-corrected chi connectivity index (χ0v) is 13.3. The summed E-state index contributed by atoms with van der Waals surface area (Å²) in [5, 5.41) is 0. The largest absolute Gasteiger partial charge is 0.458 e. The Hall–Kier alpha value is -2.04. The first-order valence-corrected chi connectivity index (χ1v) is 8.22. The van der Waals surface area contributed by atoms with Crippen LogP contribution in [0.3, 0.4) is 0 Å². The Kier molecular flexibility index (Phi) is 3.32. The third-order valence-corrected chi connectivity index (χ3v) is 5.32. The van der Waals surface area contributed by atoms with Gasteiger partial charge in [0.15, 0.2) is 0 Å². The quantitative estimate of drug-likeness (QED) is 0.339. The number of hydrogen-bond acceptors (Lipinski definition) is 5. The second-order valence-corrected chi connectivity index (χ2v) is 6.82. The van der Waals surface area contributed by atoms with E-state index in [1.165, 1.54) is 23.8 Å². The van der Waals surface area contributed by atoms with Gasteiger partial charge in [-0.1, -0.05) is 12.5 Å². The van der Waals surface area contributed by atoms with Crippen LogP contribution < -0.4 is 0 Å². The highest BCUT2D eigenvalue weighted by Gasteiger charge is 2.49. The lowest BCUT2D eigenvalue weighted by atomic mass is 9.84. The molecule has 0 aromatic heterocycles. The molecule has 4 rings (SSSR count). The molecule has 0 N–H and O–H groups in total. The smallest absolute Gasteiger partial charge is 0.338 e. The summed E-state index contributed by atoms with van der Waals surface area (Å²) in [7, 11) is 0. The average Bonchev–Trinajstić information content (AvgIpc) is 3.10. The molecule has 0 aromatic carbocycles. The number of carbonyl (C=O) groups excluding carboxylic acids is 2. The van der Waals surface area contributed by atoms with E-state index in [-0.39, 0.29) is 24.0 Å². The fourth-order valence-electron chi connectivity index (χ4n) is 4.16. The van der Waals surface area contributed by atoms with Crippen molar-refractivity contribution in [2.45, 2.75) is 51.9 Å². The lowest BCUT2D eigenvalue weighted by molar-refractivity contribution is -0.152. The molecule has 0 bridgehead atoms. The molecule has 0 spiro atoms. The summed E-state index contributed by atoms with van der Waals surface area (Å²) in [6.45, 7) is 3.89. The van der Waals surface area contributed by atoms with Gasteiger partial charge in [-0.05, 0) is 44.1 Å². The summed E-state index contributed by atoms with van der Waals surface area (Å²) < 4.78 is 16.1. The molecule has 2 heterocycles. The zero-order chi connectivity index (χ0) is 16.1. The summed E-state index contributed by atoms with van der Waals surface area (Å²) in [4.78, 5) is 23.5. The van der Waals surface area contributed by atoms with E-state index in [1.807, 2.05) is 0 Å². The van der Waals surface area contributed by atoms with Gasteiger partial charge >= 0.3 is 11.9 Å². The molecule has 1 fully saturated rings. The van der Waals surface area contributed by atoms with Crippen LogP contribution in [0.5, 0.6) is 0 Å². The van der Waals surface area contributed by atoms with Crippen molar-refractivity contribution < 1.29 is 23.8 Å². The van der Waals surface area contributed by atoms with Crippen LogP contribution in [0.4, 0.5) is 0 Å². The lowest BCUT2D eigenvalue weighted by Crippen LogP contribution is -2.19. The Morgan fingerprint density at radius 3 is 2.83 bits per heavy atom. The first-order valence-electron chi connectivity index (χ1n) is 8.22. The van der Waals surface area contributed by atoms with Crippen LogP contribution in [0, 0.1) is 11.8 Å². The minimum Gasteiger partial charge on any atom is -0.458 e. The van der Waals surface area contributed by atoms with Gasteiger partial charge < -0.3 is 14.2 Å². The molecule has 122 valence electrons. The molecule has 2 aliphatic carbocycles. The maximum Gasteiger partial charge on any atom is 0.338 e. The Bertz CT molecular complexity index is 669. The SMILES string of the molecule is CC1=C[C@@H](O/C=C2/C(=O)O[C@@H]3C4=C(CCC[C@H]4C)C[C@H]23)OC1=O. The zero-order valence-electron chi connectivity index (χ0n) is 13.3. The van der Waals surface area contributed by atoms with E-state index in [4.69, 9.17) is 14.2 Å². The highest BCUT2D eigenvalue weighted by atomic mass is 16.7. The van der Waals surface area contributed by atoms with E-state index in [0.29, 0.717) is 17.1 Å². The van der Waals surface area contributed by atoms with E-state index in [9.17, 15) is 9.59 Å². The normalized spacial score (nSPS) is 37.5. The summed E-state index contributed by atoms with van der Waals surface area (Å²) in [6, 6.07) is 0. The molecule has 5 nitrogen and oxygen atoms in total. The molecule has 0 unspecified atom stereocenters. The van der Waals surface area contributed by atoms with E-state index >= 15 is 0 Å². The highest BCUT2D eigenvalue weighted by Crippen LogP contribution is 2.50. The maximum absolute atomic E-state index is 12.2. The number of ether oxygens (including phenoxy) is 3. The predicted octanol–water partition coefficient (Wildman–Crippen LogP) is 2.78. The molecule has 5 heteroatoms. The second-order valence-electron chi connectivity index (χ2n) is 6.82. The van der Waals surface area contributed by atoms with Crippen molar-refractivity contribution in [3.05, 3.63) is 34.6 Å². The monoisotopic (exact) mass is 316 g/mol. The molecule has 0 amide bonds. The van der Waals surface area contributed by atoms with Crippen molar-refractivity contribution in [2.24, 2.45) is 11.8 Å². The second kappa shape index (κ2) is 5.25. The molecule has 23 heavy (non-hydrogen) atoms. The van der Waals surface area contributed by atoms with Crippen molar-refractivity contribution in [1.82, 2.24) is 0 Å². The van der Waals surface area contributed by atoms with Crippen LogP contribution in [-0.4, -0.2) is 24.3 Å². The number of allylic oxidation sites excluding steroid dienone is 1. The number of esters is 2. The summed E-state index contributed by atoms with van der Waals surface area (Å²) in [6.07, 6.45) is 6.55. The maximum atomic E-state index is 12.2. The Balaban J connectivity index is 1.52. The average molecular weight is 316 g/mol. The Morgan fingerprint density at radius 2 is 2.09 bits per heavy atom. The van der Waals surface area contributed by atoms with Crippen molar-refractivity contribution in [3.8, 4) is 0 Å². The van der Waals surface area contributed by atoms with Gasteiger partial charge in [0.05, 0.1) is 11.8 Å². The van der Waals surface area contributed by atoms with Gasteiger partial charge in [-0.2, -0.15) is 0 Å². The molecule has 0 saturated carbocycles. The van der Waals surface area contributed by atoms with Gasteiger partial charge in [-0.15, -0.1) is 0 Å². The van der Waals surface area contributed by atoms with E-state index in [1.54, 1.807) is 13.0 Å². The molecule has 2 aliphatic heterocycles. The van der Waals surface area contributed by atoms with E-state index < -0.39 is 6.29 Å². The molecule has 4 aliphatic rings. The highest BCUT2D eigenvalue weighted by molar-refractivity contribution is 5.92. The molecule has 4 atom stereocenters. The topological polar surface area (TPSA) is 61.8 Å². The number of fused-ring (bicyclic) bond motifs is 2. The van der Waals surface area contributed by atoms with Gasteiger partial charge in [-0.3, -0.25) is 0 Å². The summed E-state index contributed by atoms with van der Waals surface area (Å²) in [5.41, 5.74) is 3.87. The Labute approximate surface area is 135 Å². The number of rotatable bonds is 2. The van der Waals surface area contributed by atoms with Gasteiger partial charge in [0, 0.05) is 17.6 Å². The standard InChI is InChI=1S/C18H20O5/c1-9-4-3-5-11-7-12-13(18(20)23-16(12)15(9)11)8-21-14-6-10(2)17(19)22-14/h6,8-9,12,14,16H,3-5,7H2,1-2H3/b13-8+/t9-,12-,14+,16+/m1/s1. The minimum absolute atomic E-state index is 0.0511. The fraction of sp³-hybridized carbons (Fsp3) is 0.556. The van der Waals surface area contributed by atoms with Crippen LogP contribution in [0.2, 0.25) is 0 Å². The van der Waals surface area contributed by atoms with Crippen LogP contribution in [0.25, 0.3) is 0 Å². The van der Waals surface area contributed by atoms with Crippen molar-refractivity contribution in [2.75, 3.05) is 0 Å². The number of cyclic esters (lactones) is 1. The minimum atomic E-state index is -0.746. The third-order valence-electron chi connectivity index (χ3n) is 5.32. The predicted molar refractivity (Wildman–Crippen MR) is 80.8 cm³/mol. The summed E-state index contributed by atoms with van der Waals surface area (Å²) >= 11 is 0. The van der Waals surface area contributed by atoms with Crippen LogP contribution in [0.15, 0.2) is 34.6 Å². The van der Waals surface area contributed by atoms with Crippen molar-refractivity contribution in [3.63, 3.8) is 0 Å². The van der Waals surface area contributed by atoms with Gasteiger partial charge in [0.25, 0.3) is 6.29 Å². The number of hydrogen-bond donors (Lipinski definition) is 0. The summed E-state index contributed by atoms with van der Waals surface area (Å²) in [5.74, 6) is -0.153. The van der Waals surface area contributed by atoms with Gasteiger partial charge in [0.2, 0.25) is 0 Å². The van der Waals surface area contributed by atoms with E-state index in [2.05, 4.69) is 6.92 Å². The van der Waals surface area contributed by atoms with Crippen LogP contribution in [-0.2, 0) is 23.8 Å². The van der Waals surface area contributed by atoms with Gasteiger partial charge in [-0.25, -0.2) is 9.59 Å². The van der Waals surface area contributed by atoms with Crippen molar-refractivity contribution >= 4 is 11.9 Å². The molecular weight excluding hydrogens is 296 g/mol. The van der Waals surface area contributed by atoms with Crippen molar-refractivity contribution in [1.29, 1.82) is 0 Å². The van der Waals surface area contributed by atoms with Crippen LogP contribution in [0.1, 0.15) is 39.5 Å². The molecular formula is C18H20O5. The Morgan fingerprint density at radius 1 is 1.26 bits per heavy atom. The first kappa shape index (κ1) is 14.5. The molecule has 0 aromatic rings.